The smallest absolute Gasteiger partial charge is 0.337 e. The molecule has 184 valence electrons. The van der Waals surface area contributed by atoms with E-state index < -0.39 is 17.9 Å². The predicted molar refractivity (Wildman–Crippen MR) is 133 cm³/mol. The first kappa shape index (κ1) is 24.6. The van der Waals surface area contributed by atoms with Crippen LogP contribution >= 0.6 is 0 Å². The van der Waals surface area contributed by atoms with Crippen molar-refractivity contribution >= 4 is 18.0 Å². The van der Waals surface area contributed by atoms with Gasteiger partial charge in [-0.05, 0) is 43.2 Å². The monoisotopic (exact) mass is 485 g/mol. The Kier molecular flexibility index (Phi) is 7.69. The average Bonchev–Trinajstić information content (AvgIpc) is 3.40. The van der Waals surface area contributed by atoms with Gasteiger partial charge in [-0.2, -0.15) is 10.2 Å². The molecule has 4 rings (SSSR count). The summed E-state index contributed by atoms with van der Waals surface area (Å²) in [6, 6.07) is 11.5. The number of dihydropyridines is 1. The van der Waals surface area contributed by atoms with E-state index in [-0.39, 0.29) is 12.2 Å². The molecule has 2 N–H and O–H groups in total. The summed E-state index contributed by atoms with van der Waals surface area (Å²) in [5.41, 5.74) is 4.32. The molecular weight excluding hydrogens is 458 g/mol. The summed E-state index contributed by atoms with van der Waals surface area (Å²) in [6.45, 7) is 3.58. The van der Waals surface area contributed by atoms with Gasteiger partial charge in [0.2, 0.25) is 0 Å². The Bertz CT molecular complexity index is 1310. The number of imidazole rings is 1. The van der Waals surface area contributed by atoms with Crippen molar-refractivity contribution in [2.24, 2.45) is 0 Å². The van der Waals surface area contributed by atoms with Crippen LogP contribution in [0.25, 0.3) is 6.08 Å². The van der Waals surface area contributed by atoms with E-state index in [1.807, 2.05) is 30.3 Å². The molecule has 0 radical (unpaired) electrons. The van der Waals surface area contributed by atoms with Gasteiger partial charge in [0.05, 0.1) is 29.9 Å². The molecule has 9 heteroatoms. The van der Waals surface area contributed by atoms with Crippen LogP contribution in [0.2, 0.25) is 0 Å². The van der Waals surface area contributed by atoms with Crippen molar-refractivity contribution in [1.82, 2.24) is 25.5 Å². The van der Waals surface area contributed by atoms with Gasteiger partial charge in [0.15, 0.2) is 0 Å². The fraction of sp³-hybridized carbons (Fsp3) is 0.222. The number of methoxy groups -OCH3 is 1. The largest absolute Gasteiger partial charge is 0.466 e. The number of ether oxygens (including phenoxy) is 2. The Morgan fingerprint density at radius 3 is 2.42 bits per heavy atom. The number of carbonyl (C=O) groups excluding carboxylic acids is 2. The number of hydrogen-bond acceptors (Lipinski definition) is 8. The highest BCUT2D eigenvalue weighted by atomic mass is 16.5. The van der Waals surface area contributed by atoms with E-state index >= 15 is 0 Å². The number of hydrogen-bond donors (Lipinski definition) is 2. The molecule has 2 aromatic heterocycles. The van der Waals surface area contributed by atoms with Crippen LogP contribution in [-0.2, 0) is 25.5 Å². The van der Waals surface area contributed by atoms with E-state index in [0.717, 1.165) is 23.4 Å². The molecule has 0 saturated carbocycles. The van der Waals surface area contributed by atoms with Crippen LogP contribution in [0.15, 0.2) is 83.6 Å². The summed E-state index contributed by atoms with van der Waals surface area (Å²) in [5, 5.41) is 11.2. The molecule has 1 aliphatic heterocycles. The standard InChI is InChI=1S/C27H27N5O4/c1-17-23(26(33)35-3)25(21-7-4-12-30-32-21)24(18(2)31-17)27(34)36-15-5-6-19-8-10-20(11-9-19)16-22-28-13-14-29-22/h4-14,25,31H,15-16H2,1-3H3,(H,28,29). The first-order valence-electron chi connectivity index (χ1n) is 11.4. The summed E-state index contributed by atoms with van der Waals surface area (Å²) in [6.07, 6.45) is 9.45. The second-order valence-electron chi connectivity index (χ2n) is 8.23. The van der Waals surface area contributed by atoms with E-state index in [9.17, 15) is 9.59 Å². The quantitative estimate of drug-likeness (QED) is 0.466. The van der Waals surface area contributed by atoms with Crippen LogP contribution < -0.4 is 5.32 Å². The number of aromatic nitrogens is 4. The lowest BCUT2D eigenvalue weighted by Crippen LogP contribution is -2.32. The van der Waals surface area contributed by atoms with E-state index in [1.165, 1.54) is 13.3 Å². The first-order valence-corrected chi connectivity index (χ1v) is 11.4. The third-order valence-electron chi connectivity index (χ3n) is 5.80. The lowest BCUT2D eigenvalue weighted by Gasteiger charge is -2.29. The summed E-state index contributed by atoms with van der Waals surface area (Å²) in [4.78, 5) is 33.1. The van der Waals surface area contributed by atoms with Crippen LogP contribution in [-0.4, -0.2) is 45.8 Å². The second kappa shape index (κ2) is 11.3. The fourth-order valence-corrected chi connectivity index (χ4v) is 4.13. The van der Waals surface area contributed by atoms with Crippen molar-refractivity contribution < 1.29 is 19.1 Å². The Labute approximate surface area is 209 Å². The number of rotatable bonds is 8. The number of H-pyrrole nitrogens is 1. The Balaban J connectivity index is 1.45. The van der Waals surface area contributed by atoms with Gasteiger partial charge in [-0.3, -0.25) is 0 Å². The van der Waals surface area contributed by atoms with Crippen LogP contribution in [0, 0.1) is 0 Å². The number of nitrogens with one attached hydrogen (secondary N) is 2. The number of aromatic amines is 1. The fourth-order valence-electron chi connectivity index (χ4n) is 4.13. The van der Waals surface area contributed by atoms with Crippen LogP contribution in [0.1, 0.15) is 42.4 Å². The second-order valence-corrected chi connectivity index (χ2v) is 8.23. The maximum atomic E-state index is 13.2. The molecule has 0 aliphatic carbocycles. The zero-order valence-electron chi connectivity index (χ0n) is 20.3. The molecule has 9 nitrogen and oxygen atoms in total. The minimum Gasteiger partial charge on any atom is -0.466 e. The molecule has 0 amide bonds. The third-order valence-corrected chi connectivity index (χ3v) is 5.80. The first-order chi connectivity index (χ1) is 17.5. The molecule has 3 heterocycles. The molecule has 0 spiro atoms. The highest BCUT2D eigenvalue weighted by Gasteiger charge is 2.38. The molecule has 36 heavy (non-hydrogen) atoms. The van der Waals surface area contributed by atoms with Crippen molar-refractivity contribution in [2.75, 3.05) is 13.7 Å². The van der Waals surface area contributed by atoms with E-state index in [4.69, 9.17) is 9.47 Å². The Hall–Kier alpha value is -4.53. The number of allylic oxidation sites excluding steroid dienone is 2. The maximum Gasteiger partial charge on any atom is 0.337 e. The van der Waals surface area contributed by atoms with Gasteiger partial charge in [0.1, 0.15) is 12.4 Å². The highest BCUT2D eigenvalue weighted by molar-refractivity contribution is 5.99. The topological polar surface area (TPSA) is 119 Å². The Morgan fingerprint density at radius 2 is 1.78 bits per heavy atom. The van der Waals surface area contributed by atoms with Gasteiger partial charge in [-0.15, -0.1) is 0 Å². The number of benzene rings is 1. The summed E-state index contributed by atoms with van der Waals surface area (Å²) in [5.74, 6) is -0.954. The Morgan fingerprint density at radius 1 is 1.03 bits per heavy atom. The molecule has 0 saturated heterocycles. The molecule has 1 atom stereocenters. The molecule has 0 bridgehead atoms. The number of esters is 2. The van der Waals surface area contributed by atoms with Crippen molar-refractivity contribution in [3.63, 3.8) is 0 Å². The molecule has 3 aromatic rings. The summed E-state index contributed by atoms with van der Waals surface area (Å²) in [7, 11) is 1.30. The van der Waals surface area contributed by atoms with Gasteiger partial charge >= 0.3 is 11.9 Å². The van der Waals surface area contributed by atoms with Gasteiger partial charge in [-0.25, -0.2) is 14.6 Å². The predicted octanol–water partition coefficient (Wildman–Crippen LogP) is 3.45. The average molecular weight is 486 g/mol. The van der Waals surface area contributed by atoms with Crippen LogP contribution in [0.5, 0.6) is 0 Å². The minimum absolute atomic E-state index is 0.0627. The lowest BCUT2D eigenvalue weighted by molar-refractivity contribution is -0.138. The summed E-state index contributed by atoms with van der Waals surface area (Å²) < 4.78 is 10.5. The zero-order valence-corrected chi connectivity index (χ0v) is 20.3. The SMILES string of the molecule is COC(=O)C1=C(C)NC(C)=C(C(=O)OCC=Cc2ccc(Cc3ncc[nH]3)cc2)C1c1cccnn1. The minimum atomic E-state index is -0.759. The van der Waals surface area contributed by atoms with Crippen molar-refractivity contribution in [1.29, 1.82) is 0 Å². The van der Waals surface area contributed by atoms with E-state index in [2.05, 4.69) is 25.5 Å². The van der Waals surface area contributed by atoms with Crippen LogP contribution in [0.3, 0.4) is 0 Å². The molecule has 1 aromatic carbocycles. The number of carbonyl (C=O) groups is 2. The normalized spacial score (nSPS) is 15.7. The number of nitrogens with zero attached hydrogens (tertiary/aromatic N) is 3. The highest BCUT2D eigenvalue weighted by Crippen LogP contribution is 2.38. The van der Waals surface area contributed by atoms with Gasteiger partial charge in [0, 0.05) is 36.4 Å². The maximum absolute atomic E-state index is 13.2. The van der Waals surface area contributed by atoms with Crippen LogP contribution in [0.4, 0.5) is 0 Å². The van der Waals surface area contributed by atoms with Crippen molar-refractivity contribution in [3.05, 3.63) is 106 Å². The molecule has 0 fully saturated rings. The zero-order chi connectivity index (χ0) is 25.5. The van der Waals surface area contributed by atoms with E-state index in [1.54, 1.807) is 44.4 Å². The lowest BCUT2D eigenvalue weighted by atomic mass is 9.83. The van der Waals surface area contributed by atoms with Crippen molar-refractivity contribution in [3.8, 4) is 0 Å². The third kappa shape index (κ3) is 5.57. The summed E-state index contributed by atoms with van der Waals surface area (Å²) >= 11 is 0. The van der Waals surface area contributed by atoms with Gasteiger partial charge < -0.3 is 19.8 Å². The molecule has 1 aliphatic rings. The molecule has 1 unspecified atom stereocenters. The van der Waals surface area contributed by atoms with E-state index in [0.29, 0.717) is 22.7 Å². The van der Waals surface area contributed by atoms with Crippen molar-refractivity contribution in [2.45, 2.75) is 26.2 Å². The molecular formula is C27H27N5O4. The van der Waals surface area contributed by atoms with Gasteiger partial charge in [0.25, 0.3) is 0 Å². The van der Waals surface area contributed by atoms with Gasteiger partial charge in [-0.1, -0.05) is 30.3 Å².